The van der Waals surface area contributed by atoms with Crippen LogP contribution < -0.4 is 10.2 Å². The molecule has 8 heteroatoms. The predicted octanol–water partition coefficient (Wildman–Crippen LogP) is -3.47. The molecule has 4 aliphatic rings. The van der Waals surface area contributed by atoms with Gasteiger partial charge in [0.15, 0.2) is 0 Å². The molecule has 0 unspecified atom stereocenters. The van der Waals surface area contributed by atoms with Crippen molar-refractivity contribution in [1.82, 2.24) is 19.6 Å². The van der Waals surface area contributed by atoms with E-state index in [1.165, 1.54) is 40.0 Å². The largest absolute Gasteiger partial charge is 2.00 e. The number of nitrogens with zero attached hydrogens (tertiary/aromatic N) is 4. The Morgan fingerprint density at radius 2 is 0.867 bits per heavy atom. The first-order valence-corrected chi connectivity index (χ1v) is 4.41. The van der Waals surface area contributed by atoms with Crippen molar-refractivity contribution in [2.75, 3.05) is 40.0 Å². The Morgan fingerprint density at radius 1 is 0.733 bits per heavy atom. The van der Waals surface area contributed by atoms with Gasteiger partial charge in [-0.05, 0) is 6.16 Å². The normalized spacial score (nSPS) is 40.0. The summed E-state index contributed by atoms with van der Waals surface area (Å²) in [6.07, 6.45) is -2.33. The number of rotatable bonds is 0. The molecular weight excluding hydrogens is 247 g/mol. The number of hydrogen-bond donors (Lipinski definition) is 0. The van der Waals surface area contributed by atoms with Crippen LogP contribution in [-0.2, 0) is 16.5 Å². The zero-order chi connectivity index (χ0) is 10.1. The van der Waals surface area contributed by atoms with Gasteiger partial charge in [-0.2, -0.15) is 0 Å². The average molecular weight is 259 g/mol. The Kier molecular flexibility index (Phi) is 4.30. The molecule has 7 nitrogen and oxygen atoms in total. The molecule has 0 aromatic rings. The molecule has 0 radical (unpaired) electrons. The fraction of sp³-hybridized carbons (Fsp3) is 0.857. The van der Waals surface area contributed by atoms with Gasteiger partial charge in [0.05, 0.1) is 40.0 Å². The second-order valence-corrected chi connectivity index (χ2v) is 3.78. The van der Waals surface area contributed by atoms with Gasteiger partial charge in [0.2, 0.25) is 0 Å². The van der Waals surface area contributed by atoms with Crippen LogP contribution in [0.4, 0.5) is 4.79 Å². The van der Waals surface area contributed by atoms with E-state index in [0.29, 0.717) is 0 Å². The Bertz CT molecular complexity index is 180. The molecule has 0 aromatic carbocycles. The smallest absolute Gasteiger partial charge is 0.652 e. The first-order chi connectivity index (χ1) is 6.63. The van der Waals surface area contributed by atoms with Gasteiger partial charge in [-0.1, -0.05) is 0 Å². The molecule has 0 atom stereocenters. The van der Waals surface area contributed by atoms with Gasteiger partial charge in [-0.3, -0.25) is 19.6 Å². The minimum Gasteiger partial charge on any atom is -0.652 e. The Morgan fingerprint density at radius 3 is 1.00 bits per heavy atom. The number of carbonyl (C=O) groups is 1. The van der Waals surface area contributed by atoms with Crippen molar-refractivity contribution in [3.05, 3.63) is 0 Å². The van der Waals surface area contributed by atoms with Gasteiger partial charge in [-0.25, -0.2) is 0 Å². The van der Waals surface area contributed by atoms with E-state index in [4.69, 9.17) is 15.0 Å². The van der Waals surface area contributed by atoms with Crippen molar-refractivity contribution in [1.29, 1.82) is 0 Å². The molecule has 4 bridgehead atoms. The fourth-order valence-electron chi connectivity index (χ4n) is 2.23. The molecule has 88 valence electrons. The van der Waals surface area contributed by atoms with Gasteiger partial charge in [0.25, 0.3) is 0 Å². The summed E-state index contributed by atoms with van der Waals surface area (Å²) in [7, 11) is 0. The minimum atomic E-state index is -2.33. The molecule has 4 rings (SSSR count). The van der Waals surface area contributed by atoms with Crippen LogP contribution in [-0.4, -0.2) is 65.8 Å². The molecule has 4 heterocycles. The van der Waals surface area contributed by atoms with E-state index in [1.807, 2.05) is 0 Å². The van der Waals surface area contributed by atoms with E-state index < -0.39 is 6.16 Å². The standard InChI is InChI=1S/C6H12N4.CH2O3.Ni/c1-7-2-9-4-8(1)5-10(3-7)6-9;2-1(3)4;/h1-6H2;(H2,2,3,4);/q;;+2/p-2. The van der Waals surface area contributed by atoms with Crippen LogP contribution in [0.5, 0.6) is 0 Å². The van der Waals surface area contributed by atoms with E-state index in [1.54, 1.807) is 0 Å². The average Bonchev–Trinajstić information content (AvgIpc) is 1.98. The molecule has 0 aliphatic carbocycles. The fourth-order valence-corrected chi connectivity index (χ4v) is 2.23. The summed E-state index contributed by atoms with van der Waals surface area (Å²) in [4.78, 5) is 18.2. The van der Waals surface area contributed by atoms with Gasteiger partial charge in [0, 0.05) is 0 Å². The van der Waals surface area contributed by atoms with Crippen molar-refractivity contribution < 1.29 is 31.5 Å². The molecule has 15 heavy (non-hydrogen) atoms. The van der Waals surface area contributed by atoms with E-state index in [0.717, 1.165) is 0 Å². The first-order valence-electron chi connectivity index (χ1n) is 4.41. The van der Waals surface area contributed by atoms with Crippen molar-refractivity contribution in [3.63, 3.8) is 0 Å². The van der Waals surface area contributed by atoms with Crippen LogP contribution >= 0.6 is 0 Å². The Labute approximate surface area is 97.8 Å². The molecule has 4 saturated heterocycles. The van der Waals surface area contributed by atoms with E-state index in [2.05, 4.69) is 19.6 Å². The number of carbonyl (C=O) groups excluding carboxylic acids is 1. The third-order valence-corrected chi connectivity index (χ3v) is 2.40. The van der Waals surface area contributed by atoms with Crippen molar-refractivity contribution in [2.24, 2.45) is 0 Å². The van der Waals surface area contributed by atoms with E-state index >= 15 is 0 Å². The Hall–Kier alpha value is -0.396. The molecule has 0 amide bonds. The number of carboxylic acid groups (broad SMARTS) is 2. The zero-order valence-corrected chi connectivity index (χ0v) is 9.06. The van der Waals surface area contributed by atoms with E-state index in [-0.39, 0.29) is 16.5 Å². The van der Waals surface area contributed by atoms with Crippen molar-refractivity contribution in [2.45, 2.75) is 0 Å². The third-order valence-electron chi connectivity index (χ3n) is 2.40. The summed E-state index contributed by atoms with van der Waals surface area (Å²) in [5, 5.41) is 16.7. The summed E-state index contributed by atoms with van der Waals surface area (Å²) in [5.74, 6) is 0. The molecule has 4 fully saturated rings. The van der Waals surface area contributed by atoms with Crippen LogP contribution in [0.15, 0.2) is 0 Å². The topological polar surface area (TPSA) is 76.2 Å². The van der Waals surface area contributed by atoms with Gasteiger partial charge in [0.1, 0.15) is 0 Å². The second kappa shape index (κ2) is 5.09. The van der Waals surface area contributed by atoms with Crippen LogP contribution in [0.2, 0.25) is 0 Å². The van der Waals surface area contributed by atoms with Crippen LogP contribution in [0, 0.1) is 0 Å². The molecule has 4 aliphatic heterocycles. The van der Waals surface area contributed by atoms with Gasteiger partial charge < -0.3 is 15.0 Å². The van der Waals surface area contributed by atoms with Crippen LogP contribution in [0.1, 0.15) is 0 Å². The maximum absolute atomic E-state index is 8.33. The van der Waals surface area contributed by atoms with E-state index in [9.17, 15) is 0 Å². The van der Waals surface area contributed by atoms with Crippen molar-refractivity contribution >= 4 is 6.16 Å². The minimum absolute atomic E-state index is 0. The quantitative estimate of drug-likeness (QED) is 0.418. The zero-order valence-electron chi connectivity index (χ0n) is 8.07. The molecule has 0 spiro atoms. The molecule has 0 saturated carbocycles. The molecular formula is C7H12N4NiO3. The Balaban J connectivity index is 0.000000200. The van der Waals surface area contributed by atoms with Gasteiger partial charge >= 0.3 is 16.5 Å². The molecule has 0 aromatic heterocycles. The van der Waals surface area contributed by atoms with Crippen LogP contribution in [0.25, 0.3) is 0 Å². The summed E-state index contributed by atoms with van der Waals surface area (Å²) >= 11 is 0. The summed E-state index contributed by atoms with van der Waals surface area (Å²) in [6, 6.07) is 0. The maximum Gasteiger partial charge on any atom is 2.00 e. The molecule has 0 N–H and O–H groups in total. The number of hydrogen-bond acceptors (Lipinski definition) is 7. The van der Waals surface area contributed by atoms with Gasteiger partial charge in [-0.15, -0.1) is 0 Å². The monoisotopic (exact) mass is 258 g/mol. The maximum atomic E-state index is 8.33. The summed E-state index contributed by atoms with van der Waals surface area (Å²) in [6.45, 7) is 7.12. The first kappa shape index (κ1) is 12.7. The second-order valence-electron chi connectivity index (χ2n) is 3.78. The van der Waals surface area contributed by atoms with Crippen molar-refractivity contribution in [3.8, 4) is 0 Å². The SMILES string of the molecule is C1N2CN3CN1CN(C2)C3.O=C([O-])[O-].[Ni+2]. The van der Waals surface area contributed by atoms with Crippen LogP contribution in [0.3, 0.4) is 0 Å². The third kappa shape index (κ3) is 3.29. The summed E-state index contributed by atoms with van der Waals surface area (Å²) < 4.78 is 0. The predicted molar refractivity (Wildman–Crippen MR) is 42.0 cm³/mol. The summed E-state index contributed by atoms with van der Waals surface area (Å²) in [5.41, 5.74) is 0.